The zero-order chi connectivity index (χ0) is 19.4. The molecule has 1 unspecified atom stereocenters. The second-order valence-electron chi connectivity index (χ2n) is 5.78. The molecule has 0 spiro atoms. The first-order chi connectivity index (χ1) is 12.8. The smallest absolute Gasteiger partial charge is 0.293 e. The number of ketones is 1. The molecular formula is C20H14ClF3OS2. The van der Waals surface area contributed by atoms with Gasteiger partial charge < -0.3 is 0 Å². The van der Waals surface area contributed by atoms with Crippen molar-refractivity contribution in [3.63, 3.8) is 0 Å². The summed E-state index contributed by atoms with van der Waals surface area (Å²) >= 11 is 8.70. The molecule has 140 valence electrons. The van der Waals surface area contributed by atoms with Gasteiger partial charge in [-0.15, -0.1) is 23.1 Å². The van der Waals surface area contributed by atoms with Gasteiger partial charge in [-0.25, -0.2) is 0 Å². The lowest BCUT2D eigenvalue weighted by Gasteiger charge is -2.17. The van der Waals surface area contributed by atoms with Crippen LogP contribution in [0.5, 0.6) is 0 Å². The van der Waals surface area contributed by atoms with Crippen molar-refractivity contribution in [3.05, 3.63) is 87.1 Å². The summed E-state index contributed by atoms with van der Waals surface area (Å²) in [5, 5.41) is 2.12. The molecule has 1 aromatic heterocycles. The summed E-state index contributed by atoms with van der Waals surface area (Å²) in [5.41, 5.74) is -0.0288. The van der Waals surface area contributed by atoms with E-state index in [2.05, 4.69) is 0 Å². The fraction of sp³-hybridized carbons (Fsp3) is 0.150. The Balaban J connectivity index is 1.86. The summed E-state index contributed by atoms with van der Waals surface area (Å²) in [4.78, 5) is 14.1. The number of thioether (sulfide) groups is 1. The summed E-state index contributed by atoms with van der Waals surface area (Å²) < 4.78 is 38.5. The minimum absolute atomic E-state index is 0.0311. The normalized spacial score (nSPS) is 12.7. The van der Waals surface area contributed by atoms with Crippen LogP contribution in [0, 0.1) is 0 Å². The molecule has 1 atom stereocenters. The van der Waals surface area contributed by atoms with Crippen molar-refractivity contribution >= 4 is 40.5 Å². The zero-order valence-corrected chi connectivity index (χ0v) is 16.3. The van der Waals surface area contributed by atoms with E-state index in [1.54, 1.807) is 24.3 Å². The van der Waals surface area contributed by atoms with Gasteiger partial charge in [0, 0.05) is 21.6 Å². The average molecular weight is 427 g/mol. The predicted octanol–water partition coefficient (Wildman–Crippen LogP) is 7.53. The summed E-state index contributed by atoms with van der Waals surface area (Å²) in [6, 6.07) is 15.7. The standard InChI is InChI=1S/C20H14ClF3OS2/c21-15-7-9-16(10-8-15)27-19(12-17(25)18-2-1-11-26-18)13-3-5-14(6-4-13)20(22,23)24/h1-11,19H,12H2. The van der Waals surface area contributed by atoms with Crippen molar-refractivity contribution < 1.29 is 18.0 Å². The van der Waals surface area contributed by atoms with E-state index in [4.69, 9.17) is 11.6 Å². The van der Waals surface area contributed by atoms with Crippen LogP contribution in [-0.2, 0) is 6.18 Å². The first-order valence-corrected chi connectivity index (χ1v) is 10.1. The molecule has 0 fully saturated rings. The van der Waals surface area contributed by atoms with E-state index in [9.17, 15) is 18.0 Å². The Morgan fingerprint density at radius 2 is 1.70 bits per heavy atom. The lowest BCUT2D eigenvalue weighted by atomic mass is 10.0. The van der Waals surface area contributed by atoms with Crippen LogP contribution < -0.4 is 0 Å². The maximum Gasteiger partial charge on any atom is 0.416 e. The van der Waals surface area contributed by atoms with E-state index >= 15 is 0 Å². The number of alkyl halides is 3. The molecule has 0 radical (unpaired) electrons. The number of carbonyl (C=O) groups excluding carboxylic acids is 1. The lowest BCUT2D eigenvalue weighted by molar-refractivity contribution is -0.137. The molecule has 7 heteroatoms. The van der Waals surface area contributed by atoms with Crippen LogP contribution in [0.1, 0.15) is 32.5 Å². The number of thiophene rings is 1. The number of rotatable bonds is 6. The maximum atomic E-state index is 12.8. The number of halogens is 4. The number of carbonyl (C=O) groups is 1. The highest BCUT2D eigenvalue weighted by Gasteiger charge is 2.30. The third-order valence-corrected chi connectivity index (χ3v) is 6.30. The number of hydrogen-bond donors (Lipinski definition) is 0. The van der Waals surface area contributed by atoms with Crippen LogP contribution in [-0.4, -0.2) is 5.78 Å². The molecule has 1 heterocycles. The monoisotopic (exact) mass is 426 g/mol. The molecule has 0 amide bonds. The first-order valence-electron chi connectivity index (χ1n) is 7.99. The molecule has 1 nitrogen and oxygen atoms in total. The van der Waals surface area contributed by atoms with Gasteiger partial charge in [-0.3, -0.25) is 4.79 Å². The average Bonchev–Trinajstić information content (AvgIpc) is 3.17. The van der Waals surface area contributed by atoms with Gasteiger partial charge in [-0.1, -0.05) is 29.8 Å². The Hall–Kier alpha value is -1.76. The van der Waals surface area contributed by atoms with Gasteiger partial charge in [0.25, 0.3) is 0 Å². The third-order valence-electron chi connectivity index (χ3n) is 3.87. The summed E-state index contributed by atoms with van der Waals surface area (Å²) in [7, 11) is 0. The number of benzene rings is 2. The molecule has 0 aliphatic carbocycles. The Morgan fingerprint density at radius 3 is 2.26 bits per heavy atom. The van der Waals surface area contributed by atoms with Crippen molar-refractivity contribution in [2.24, 2.45) is 0 Å². The Bertz CT molecular complexity index is 888. The number of hydrogen-bond acceptors (Lipinski definition) is 3. The SMILES string of the molecule is O=C(CC(Sc1ccc(Cl)cc1)c1ccc(C(F)(F)F)cc1)c1cccs1. The van der Waals surface area contributed by atoms with E-state index in [-0.39, 0.29) is 17.5 Å². The van der Waals surface area contributed by atoms with Crippen LogP contribution in [0.4, 0.5) is 13.2 Å². The highest BCUT2D eigenvalue weighted by Crippen LogP contribution is 2.40. The van der Waals surface area contributed by atoms with Crippen molar-refractivity contribution in [3.8, 4) is 0 Å². The topological polar surface area (TPSA) is 17.1 Å². The first kappa shape index (κ1) is 20.0. The molecular weight excluding hydrogens is 413 g/mol. The third kappa shape index (κ3) is 5.37. The molecule has 0 saturated heterocycles. The largest absolute Gasteiger partial charge is 0.416 e. The molecule has 2 aromatic carbocycles. The Kier molecular flexibility index (Phi) is 6.29. The maximum absolute atomic E-state index is 12.8. The van der Waals surface area contributed by atoms with E-state index in [0.29, 0.717) is 15.5 Å². The minimum Gasteiger partial charge on any atom is -0.293 e. The molecule has 0 bridgehead atoms. The summed E-state index contributed by atoms with van der Waals surface area (Å²) in [6.07, 6.45) is -4.19. The highest BCUT2D eigenvalue weighted by molar-refractivity contribution is 7.99. The van der Waals surface area contributed by atoms with E-state index < -0.39 is 11.7 Å². The minimum atomic E-state index is -4.38. The van der Waals surface area contributed by atoms with Crippen molar-refractivity contribution in [1.29, 1.82) is 0 Å². The van der Waals surface area contributed by atoms with E-state index in [1.807, 2.05) is 17.5 Å². The van der Waals surface area contributed by atoms with Crippen LogP contribution in [0.15, 0.2) is 70.9 Å². The van der Waals surface area contributed by atoms with E-state index in [0.717, 1.165) is 17.0 Å². The second-order valence-corrected chi connectivity index (χ2v) is 8.45. The molecule has 0 aliphatic heterocycles. The van der Waals surface area contributed by atoms with Crippen molar-refractivity contribution in [2.45, 2.75) is 22.7 Å². The molecule has 3 aromatic rings. The highest BCUT2D eigenvalue weighted by atomic mass is 35.5. The van der Waals surface area contributed by atoms with Gasteiger partial charge in [-0.05, 0) is 53.4 Å². The molecule has 27 heavy (non-hydrogen) atoms. The molecule has 0 N–H and O–H groups in total. The predicted molar refractivity (Wildman–Crippen MR) is 105 cm³/mol. The van der Waals surface area contributed by atoms with Gasteiger partial charge in [-0.2, -0.15) is 13.2 Å². The van der Waals surface area contributed by atoms with Crippen LogP contribution >= 0.6 is 34.7 Å². The van der Waals surface area contributed by atoms with Gasteiger partial charge >= 0.3 is 6.18 Å². The fourth-order valence-corrected chi connectivity index (χ4v) is 4.45. The van der Waals surface area contributed by atoms with Gasteiger partial charge in [0.2, 0.25) is 0 Å². The summed E-state index contributed by atoms with van der Waals surface area (Å²) in [6.45, 7) is 0. The van der Waals surface area contributed by atoms with Gasteiger partial charge in [0.05, 0.1) is 10.4 Å². The van der Waals surface area contributed by atoms with E-state index in [1.165, 1.54) is 35.2 Å². The van der Waals surface area contributed by atoms with Crippen molar-refractivity contribution in [2.75, 3.05) is 0 Å². The molecule has 0 saturated carbocycles. The fourth-order valence-electron chi connectivity index (χ4n) is 2.50. The second kappa shape index (κ2) is 8.50. The molecule has 0 aliphatic rings. The zero-order valence-electron chi connectivity index (χ0n) is 13.9. The number of Topliss-reactive ketones (excluding diaryl/α,β-unsaturated/α-hetero) is 1. The van der Waals surface area contributed by atoms with Crippen LogP contribution in [0.3, 0.4) is 0 Å². The van der Waals surface area contributed by atoms with Crippen LogP contribution in [0.25, 0.3) is 0 Å². The van der Waals surface area contributed by atoms with Crippen molar-refractivity contribution in [1.82, 2.24) is 0 Å². The quantitative estimate of drug-likeness (QED) is 0.299. The Morgan fingerprint density at radius 1 is 1.04 bits per heavy atom. The lowest BCUT2D eigenvalue weighted by Crippen LogP contribution is -2.07. The van der Waals surface area contributed by atoms with Gasteiger partial charge in [0.15, 0.2) is 5.78 Å². The Labute approximate surface area is 168 Å². The molecule has 3 rings (SSSR count). The summed E-state index contributed by atoms with van der Waals surface area (Å²) in [5.74, 6) is -0.0311. The van der Waals surface area contributed by atoms with Gasteiger partial charge in [0.1, 0.15) is 0 Å². The van der Waals surface area contributed by atoms with Crippen LogP contribution in [0.2, 0.25) is 5.02 Å².